The molecule has 2 aromatic rings. The Morgan fingerprint density at radius 1 is 1.03 bits per heavy atom. The van der Waals surface area contributed by atoms with Gasteiger partial charge in [0.15, 0.2) is 0 Å². The molecule has 1 saturated carbocycles. The quantitative estimate of drug-likeness (QED) is 0.257. The Morgan fingerprint density at radius 2 is 1.64 bits per heavy atom. The Hall–Kier alpha value is -2.39. The topological polar surface area (TPSA) is 46.5 Å². The lowest BCUT2D eigenvalue weighted by atomic mass is 9.64. The van der Waals surface area contributed by atoms with E-state index < -0.39 is 11.6 Å². The van der Waals surface area contributed by atoms with E-state index >= 15 is 0 Å². The zero-order chi connectivity index (χ0) is 23.9. The highest BCUT2D eigenvalue weighted by Crippen LogP contribution is 2.44. The first-order valence-electron chi connectivity index (χ1n) is 12.5. The number of rotatable bonds is 9. The number of carbonyl (C=O) groups excluding carboxylic acids is 1. The predicted octanol–water partition coefficient (Wildman–Crippen LogP) is 6.95. The number of ether oxygens (including phenoxy) is 1. The molecule has 1 fully saturated rings. The minimum atomic E-state index is -1.78. The fraction of sp³-hybridized carbons (Fsp3) is 0.500. The van der Waals surface area contributed by atoms with E-state index in [0.29, 0.717) is 11.5 Å². The molecular weight excluding hydrogens is 408 g/mol. The Bertz CT molecular complexity index is 903. The Morgan fingerprint density at radius 3 is 2.24 bits per heavy atom. The Kier molecular flexibility index (Phi) is 8.53. The van der Waals surface area contributed by atoms with Crippen molar-refractivity contribution < 1.29 is 14.6 Å². The molecule has 178 valence electrons. The van der Waals surface area contributed by atoms with E-state index in [-0.39, 0.29) is 17.4 Å². The molecule has 0 radical (unpaired) electrons. The van der Waals surface area contributed by atoms with Gasteiger partial charge in [-0.15, -0.1) is 0 Å². The summed E-state index contributed by atoms with van der Waals surface area (Å²) in [6, 6.07) is 19.6. The molecule has 0 unspecified atom stereocenters. The molecule has 33 heavy (non-hydrogen) atoms. The highest BCUT2D eigenvalue weighted by Gasteiger charge is 2.45. The first-order chi connectivity index (χ1) is 15.8. The van der Waals surface area contributed by atoms with Crippen molar-refractivity contribution in [3.63, 3.8) is 0 Å². The number of hydrogen-bond acceptors (Lipinski definition) is 3. The number of allylic oxidation sites excluding steroid dienone is 1. The first-order valence-corrected chi connectivity index (χ1v) is 12.5. The zero-order valence-corrected chi connectivity index (χ0v) is 20.7. The van der Waals surface area contributed by atoms with Crippen LogP contribution in [0.4, 0.5) is 0 Å². The molecule has 0 aromatic heterocycles. The van der Waals surface area contributed by atoms with Crippen LogP contribution in [0.2, 0.25) is 0 Å². The van der Waals surface area contributed by atoms with Crippen molar-refractivity contribution in [3.05, 3.63) is 83.9 Å². The summed E-state index contributed by atoms with van der Waals surface area (Å²) >= 11 is 0. The molecule has 3 nitrogen and oxygen atoms in total. The highest BCUT2D eigenvalue weighted by atomic mass is 16.6. The monoisotopic (exact) mass is 448 g/mol. The summed E-state index contributed by atoms with van der Waals surface area (Å²) in [7, 11) is 0. The maximum atomic E-state index is 13.6. The van der Waals surface area contributed by atoms with Crippen molar-refractivity contribution >= 4 is 5.97 Å². The van der Waals surface area contributed by atoms with Crippen LogP contribution in [-0.2, 0) is 20.5 Å². The van der Waals surface area contributed by atoms with Gasteiger partial charge in [0.1, 0.15) is 6.10 Å². The van der Waals surface area contributed by atoms with Gasteiger partial charge in [-0.1, -0.05) is 114 Å². The summed E-state index contributed by atoms with van der Waals surface area (Å²) in [4.78, 5) is 13.6. The van der Waals surface area contributed by atoms with Gasteiger partial charge in [0.05, 0.1) is 0 Å². The van der Waals surface area contributed by atoms with Crippen molar-refractivity contribution in [1.29, 1.82) is 0 Å². The van der Waals surface area contributed by atoms with Gasteiger partial charge in [-0.25, -0.2) is 4.79 Å². The minimum absolute atomic E-state index is 0.145. The lowest BCUT2D eigenvalue weighted by Crippen LogP contribution is -2.46. The normalized spacial score (nSPS) is 23.2. The number of benzene rings is 2. The molecule has 3 heteroatoms. The summed E-state index contributed by atoms with van der Waals surface area (Å²) in [5.41, 5.74) is -0.125. The van der Waals surface area contributed by atoms with Crippen LogP contribution >= 0.6 is 0 Å². The molecule has 0 spiro atoms. The molecule has 0 saturated heterocycles. The second-order valence-corrected chi connectivity index (χ2v) is 10.2. The predicted molar refractivity (Wildman–Crippen MR) is 135 cm³/mol. The van der Waals surface area contributed by atoms with Crippen molar-refractivity contribution in [2.75, 3.05) is 0 Å². The molecule has 4 atom stereocenters. The van der Waals surface area contributed by atoms with E-state index in [1.807, 2.05) is 30.3 Å². The highest BCUT2D eigenvalue weighted by molar-refractivity contribution is 5.83. The van der Waals surface area contributed by atoms with Crippen molar-refractivity contribution in [3.8, 4) is 0 Å². The van der Waals surface area contributed by atoms with Gasteiger partial charge in [0.2, 0.25) is 5.60 Å². The van der Waals surface area contributed by atoms with E-state index in [0.717, 1.165) is 38.5 Å². The second-order valence-electron chi connectivity index (χ2n) is 10.2. The molecular formula is C30H40O3. The van der Waals surface area contributed by atoms with Crippen LogP contribution in [0.15, 0.2) is 72.8 Å². The van der Waals surface area contributed by atoms with Crippen LogP contribution in [0.3, 0.4) is 0 Å². The van der Waals surface area contributed by atoms with E-state index in [9.17, 15) is 9.90 Å². The first kappa shape index (κ1) is 25.2. The standard InChI is InChI=1S/C30H40O3/c1-5-6-7-14-21-30(32,25-17-12-9-13-18-25)28(31)33-27-22-23(2)19-20-26(27)29(3,4)24-15-10-8-11-16-24/h8-18,21,23,26-27,32H,5-7,19-20,22H2,1-4H3/b21-14+/t23-,26-,27-,30-/m1/s1. The van der Waals surface area contributed by atoms with Gasteiger partial charge in [-0.3, -0.25) is 0 Å². The number of aliphatic hydroxyl groups is 1. The van der Waals surface area contributed by atoms with E-state index in [2.05, 4.69) is 52.0 Å². The number of carbonyl (C=O) groups is 1. The summed E-state index contributed by atoms with van der Waals surface area (Å²) in [5, 5.41) is 11.6. The summed E-state index contributed by atoms with van der Waals surface area (Å²) in [6.07, 6.45) is 9.14. The van der Waals surface area contributed by atoms with Gasteiger partial charge >= 0.3 is 5.97 Å². The largest absolute Gasteiger partial charge is 0.459 e. The minimum Gasteiger partial charge on any atom is -0.459 e. The molecule has 0 aliphatic heterocycles. The van der Waals surface area contributed by atoms with Crippen LogP contribution in [0.25, 0.3) is 0 Å². The van der Waals surface area contributed by atoms with E-state index in [1.165, 1.54) is 5.56 Å². The molecule has 3 rings (SSSR count). The molecule has 2 aromatic carbocycles. The van der Waals surface area contributed by atoms with Crippen molar-refractivity contribution in [1.82, 2.24) is 0 Å². The maximum Gasteiger partial charge on any atom is 0.347 e. The molecule has 1 aliphatic carbocycles. The summed E-state index contributed by atoms with van der Waals surface area (Å²) in [5.74, 6) is 0.0918. The van der Waals surface area contributed by atoms with Crippen LogP contribution in [0.5, 0.6) is 0 Å². The van der Waals surface area contributed by atoms with Crippen LogP contribution in [-0.4, -0.2) is 17.2 Å². The van der Waals surface area contributed by atoms with Crippen LogP contribution < -0.4 is 0 Å². The van der Waals surface area contributed by atoms with Gasteiger partial charge < -0.3 is 9.84 Å². The molecule has 1 N–H and O–H groups in total. The fourth-order valence-electron chi connectivity index (χ4n) is 5.14. The third kappa shape index (κ3) is 5.95. The average molecular weight is 449 g/mol. The van der Waals surface area contributed by atoms with Gasteiger partial charge in [-0.05, 0) is 47.8 Å². The van der Waals surface area contributed by atoms with Crippen LogP contribution in [0, 0.1) is 11.8 Å². The van der Waals surface area contributed by atoms with Gasteiger partial charge in [-0.2, -0.15) is 0 Å². The summed E-state index contributed by atoms with van der Waals surface area (Å²) in [6.45, 7) is 8.85. The molecule has 0 amide bonds. The smallest absolute Gasteiger partial charge is 0.347 e. The third-order valence-corrected chi connectivity index (χ3v) is 7.37. The van der Waals surface area contributed by atoms with Crippen LogP contribution in [0.1, 0.15) is 77.3 Å². The third-order valence-electron chi connectivity index (χ3n) is 7.37. The number of hydrogen-bond donors (Lipinski definition) is 1. The zero-order valence-electron chi connectivity index (χ0n) is 20.7. The number of esters is 1. The maximum absolute atomic E-state index is 13.6. The van der Waals surface area contributed by atoms with Gasteiger partial charge in [0, 0.05) is 5.92 Å². The fourth-order valence-corrected chi connectivity index (χ4v) is 5.14. The Labute approximate surface area is 199 Å². The van der Waals surface area contributed by atoms with E-state index in [1.54, 1.807) is 18.2 Å². The lowest BCUT2D eigenvalue weighted by molar-refractivity contribution is -0.174. The van der Waals surface area contributed by atoms with E-state index in [4.69, 9.17) is 4.74 Å². The average Bonchev–Trinajstić information content (AvgIpc) is 2.82. The van der Waals surface area contributed by atoms with Crippen molar-refractivity contribution in [2.45, 2.75) is 83.3 Å². The lowest BCUT2D eigenvalue weighted by Gasteiger charge is -2.44. The number of unbranched alkanes of at least 4 members (excludes halogenated alkanes) is 2. The van der Waals surface area contributed by atoms with Crippen molar-refractivity contribution in [2.24, 2.45) is 11.8 Å². The molecule has 1 aliphatic rings. The molecule has 0 heterocycles. The molecule has 0 bridgehead atoms. The SMILES string of the molecule is CCCC/C=C/[C@](O)(C(=O)O[C@@H]1C[C@H](C)CC[C@H]1C(C)(C)c1ccccc1)c1ccccc1. The summed E-state index contributed by atoms with van der Waals surface area (Å²) < 4.78 is 6.22. The Balaban J connectivity index is 1.89. The second kappa shape index (κ2) is 11.2. The van der Waals surface area contributed by atoms with Gasteiger partial charge in [0.25, 0.3) is 0 Å².